The highest BCUT2D eigenvalue weighted by atomic mass is 19.1. The van der Waals surface area contributed by atoms with Crippen LogP contribution < -0.4 is 5.32 Å². The average molecular weight is 283 g/mol. The minimum absolute atomic E-state index is 0.162. The number of fused-ring (bicyclic) bond motifs is 1. The van der Waals surface area contributed by atoms with Gasteiger partial charge in [-0.15, -0.1) is 0 Å². The van der Waals surface area contributed by atoms with Crippen LogP contribution in [0.4, 0.5) is 4.39 Å². The van der Waals surface area contributed by atoms with Gasteiger partial charge in [0.2, 0.25) is 0 Å². The Hall–Kier alpha value is -1.67. The van der Waals surface area contributed by atoms with E-state index in [9.17, 15) is 4.39 Å². The minimum Gasteiger partial charge on any atom is -0.313 e. The predicted octanol–water partition coefficient (Wildman–Crippen LogP) is 4.48. The second-order valence-electron chi connectivity index (χ2n) is 5.77. The third kappa shape index (κ3) is 3.16. The molecule has 0 saturated heterocycles. The molecule has 0 heterocycles. The Morgan fingerprint density at radius 2 is 1.81 bits per heavy atom. The maximum atomic E-state index is 13.5. The Kier molecular flexibility index (Phi) is 4.35. The summed E-state index contributed by atoms with van der Waals surface area (Å²) in [5.74, 6) is -0.162. The van der Waals surface area contributed by atoms with Crippen LogP contribution in [0.5, 0.6) is 0 Å². The Labute approximate surface area is 126 Å². The lowest BCUT2D eigenvalue weighted by atomic mass is 9.88. The molecule has 2 aromatic rings. The molecular formula is C19H22FN. The Morgan fingerprint density at radius 3 is 2.62 bits per heavy atom. The Bertz CT molecular complexity index is 633. The molecule has 1 aliphatic rings. The molecule has 0 unspecified atom stereocenters. The van der Waals surface area contributed by atoms with E-state index in [2.05, 4.69) is 30.4 Å². The molecule has 1 N–H and O–H groups in total. The van der Waals surface area contributed by atoms with Crippen molar-refractivity contribution in [2.45, 2.75) is 39.2 Å². The first-order valence-electron chi connectivity index (χ1n) is 7.89. The molecule has 0 radical (unpaired) electrons. The van der Waals surface area contributed by atoms with Crippen molar-refractivity contribution in [2.24, 2.45) is 0 Å². The van der Waals surface area contributed by atoms with E-state index in [0.29, 0.717) is 6.54 Å². The average Bonchev–Trinajstić information content (AvgIpc) is 2.52. The first-order chi connectivity index (χ1) is 10.3. The van der Waals surface area contributed by atoms with Crippen molar-refractivity contribution in [3.63, 3.8) is 0 Å². The number of nitrogens with one attached hydrogen (secondary N) is 1. The molecule has 0 fully saturated rings. The first-order valence-corrected chi connectivity index (χ1v) is 7.89. The van der Waals surface area contributed by atoms with Crippen LogP contribution in [0.15, 0.2) is 36.4 Å². The van der Waals surface area contributed by atoms with Crippen molar-refractivity contribution < 1.29 is 4.39 Å². The zero-order valence-corrected chi connectivity index (χ0v) is 12.6. The summed E-state index contributed by atoms with van der Waals surface area (Å²) >= 11 is 0. The fourth-order valence-electron chi connectivity index (χ4n) is 3.15. The molecule has 2 aromatic carbocycles. The molecular weight excluding hydrogens is 261 g/mol. The van der Waals surface area contributed by atoms with Gasteiger partial charge in [0.25, 0.3) is 0 Å². The van der Waals surface area contributed by atoms with Gasteiger partial charge in [-0.05, 0) is 72.2 Å². The highest BCUT2D eigenvalue weighted by Gasteiger charge is 2.12. The molecule has 2 heteroatoms. The van der Waals surface area contributed by atoms with Crippen LogP contribution >= 0.6 is 0 Å². The van der Waals surface area contributed by atoms with E-state index >= 15 is 0 Å². The molecule has 3 rings (SSSR count). The van der Waals surface area contributed by atoms with Gasteiger partial charge in [0, 0.05) is 6.54 Å². The summed E-state index contributed by atoms with van der Waals surface area (Å²) < 4.78 is 13.5. The van der Waals surface area contributed by atoms with Crippen molar-refractivity contribution >= 4 is 0 Å². The molecule has 21 heavy (non-hydrogen) atoms. The Balaban J connectivity index is 1.99. The lowest BCUT2D eigenvalue weighted by molar-refractivity contribution is 0.622. The SMILES string of the molecule is CCNCc1cc(F)ccc1-c1ccc2c(c1)CCCC2. The van der Waals surface area contributed by atoms with E-state index in [1.54, 1.807) is 12.1 Å². The van der Waals surface area contributed by atoms with Crippen LogP contribution in [0.1, 0.15) is 36.5 Å². The highest BCUT2D eigenvalue weighted by Crippen LogP contribution is 2.30. The second-order valence-corrected chi connectivity index (χ2v) is 5.77. The summed E-state index contributed by atoms with van der Waals surface area (Å²) in [6, 6.07) is 11.9. The number of rotatable bonds is 4. The first kappa shape index (κ1) is 14.3. The second kappa shape index (κ2) is 6.40. The van der Waals surface area contributed by atoms with E-state index in [1.165, 1.54) is 42.4 Å². The molecule has 0 saturated carbocycles. The van der Waals surface area contributed by atoms with Gasteiger partial charge in [-0.3, -0.25) is 0 Å². The van der Waals surface area contributed by atoms with Gasteiger partial charge in [0.05, 0.1) is 0 Å². The number of hydrogen-bond acceptors (Lipinski definition) is 1. The van der Waals surface area contributed by atoms with Crippen molar-refractivity contribution in [1.29, 1.82) is 0 Å². The maximum Gasteiger partial charge on any atom is 0.123 e. The van der Waals surface area contributed by atoms with Crippen molar-refractivity contribution in [1.82, 2.24) is 5.32 Å². The molecule has 0 aromatic heterocycles. The summed E-state index contributed by atoms with van der Waals surface area (Å²) in [6.07, 6.45) is 4.95. The largest absolute Gasteiger partial charge is 0.313 e. The zero-order chi connectivity index (χ0) is 14.7. The molecule has 0 bridgehead atoms. The van der Waals surface area contributed by atoms with Crippen molar-refractivity contribution in [2.75, 3.05) is 6.54 Å². The summed E-state index contributed by atoms with van der Waals surface area (Å²) in [4.78, 5) is 0. The van der Waals surface area contributed by atoms with Crippen LogP contribution in [-0.4, -0.2) is 6.54 Å². The van der Waals surface area contributed by atoms with E-state index in [4.69, 9.17) is 0 Å². The van der Waals surface area contributed by atoms with Crippen LogP contribution in [0.2, 0.25) is 0 Å². The van der Waals surface area contributed by atoms with E-state index in [1.807, 2.05) is 6.07 Å². The van der Waals surface area contributed by atoms with Gasteiger partial charge < -0.3 is 5.32 Å². The van der Waals surface area contributed by atoms with Crippen molar-refractivity contribution in [3.05, 3.63) is 58.9 Å². The normalized spacial score (nSPS) is 14.0. The third-order valence-electron chi connectivity index (χ3n) is 4.29. The van der Waals surface area contributed by atoms with E-state index < -0.39 is 0 Å². The topological polar surface area (TPSA) is 12.0 Å². The van der Waals surface area contributed by atoms with Crippen LogP contribution in [0.25, 0.3) is 11.1 Å². The quantitative estimate of drug-likeness (QED) is 0.872. The highest BCUT2D eigenvalue weighted by molar-refractivity contribution is 5.68. The fourth-order valence-corrected chi connectivity index (χ4v) is 3.15. The molecule has 0 aliphatic heterocycles. The lowest BCUT2D eigenvalue weighted by Gasteiger charge is -2.18. The lowest BCUT2D eigenvalue weighted by Crippen LogP contribution is -2.13. The number of aryl methyl sites for hydroxylation is 2. The minimum atomic E-state index is -0.162. The number of benzene rings is 2. The van der Waals surface area contributed by atoms with Crippen molar-refractivity contribution in [3.8, 4) is 11.1 Å². The molecule has 110 valence electrons. The molecule has 0 atom stereocenters. The molecule has 0 amide bonds. The monoisotopic (exact) mass is 283 g/mol. The van der Waals surface area contributed by atoms with Crippen LogP contribution in [0.3, 0.4) is 0 Å². The van der Waals surface area contributed by atoms with Gasteiger partial charge >= 0.3 is 0 Å². The van der Waals surface area contributed by atoms with Gasteiger partial charge in [-0.2, -0.15) is 0 Å². The van der Waals surface area contributed by atoms with Crippen LogP contribution in [0, 0.1) is 5.82 Å². The molecule has 1 aliphatic carbocycles. The van der Waals surface area contributed by atoms with Crippen LogP contribution in [-0.2, 0) is 19.4 Å². The molecule has 0 spiro atoms. The number of hydrogen-bond donors (Lipinski definition) is 1. The van der Waals surface area contributed by atoms with Gasteiger partial charge in [-0.25, -0.2) is 4.39 Å². The van der Waals surface area contributed by atoms with E-state index in [0.717, 1.165) is 17.7 Å². The Morgan fingerprint density at radius 1 is 1.00 bits per heavy atom. The summed E-state index contributed by atoms with van der Waals surface area (Å²) in [5, 5.41) is 3.30. The third-order valence-corrected chi connectivity index (χ3v) is 4.29. The zero-order valence-electron chi connectivity index (χ0n) is 12.6. The predicted molar refractivity (Wildman–Crippen MR) is 85.9 cm³/mol. The summed E-state index contributed by atoms with van der Waals surface area (Å²) in [7, 11) is 0. The smallest absolute Gasteiger partial charge is 0.123 e. The number of halogens is 1. The molecule has 1 nitrogen and oxygen atoms in total. The fraction of sp³-hybridized carbons (Fsp3) is 0.368. The summed E-state index contributed by atoms with van der Waals surface area (Å²) in [6.45, 7) is 3.67. The standard InChI is InChI=1S/C19H22FN/c1-2-21-13-17-12-18(20)9-10-19(17)16-8-7-14-5-3-4-6-15(14)11-16/h7-12,21H,2-6,13H2,1H3. The summed E-state index contributed by atoms with van der Waals surface area (Å²) in [5.41, 5.74) is 6.35. The maximum absolute atomic E-state index is 13.5. The van der Waals surface area contributed by atoms with Gasteiger partial charge in [0.15, 0.2) is 0 Å². The van der Waals surface area contributed by atoms with Gasteiger partial charge in [-0.1, -0.05) is 31.2 Å². The van der Waals surface area contributed by atoms with E-state index in [-0.39, 0.29) is 5.82 Å². The van der Waals surface area contributed by atoms with Gasteiger partial charge in [0.1, 0.15) is 5.82 Å².